The number of aromatic nitrogens is 1. The molecule has 0 saturated carbocycles. The molecule has 1 aromatic heterocycles. The van der Waals surface area contributed by atoms with Crippen LogP contribution >= 0.6 is 15.9 Å². The molecular weight excluding hydrogens is 280 g/mol. The van der Waals surface area contributed by atoms with Gasteiger partial charge < -0.3 is 9.88 Å². The molecule has 0 saturated heterocycles. The highest BCUT2D eigenvalue weighted by atomic mass is 79.9. The van der Waals surface area contributed by atoms with Crippen LogP contribution in [-0.2, 0) is 6.54 Å². The first-order valence-electron chi connectivity index (χ1n) is 6.25. The summed E-state index contributed by atoms with van der Waals surface area (Å²) in [7, 11) is 0. The molecule has 0 radical (unpaired) electrons. The van der Waals surface area contributed by atoms with Crippen molar-refractivity contribution < 1.29 is 4.79 Å². The molecule has 4 heteroatoms. The van der Waals surface area contributed by atoms with Crippen molar-refractivity contribution in [3.8, 4) is 0 Å². The zero-order chi connectivity index (χ0) is 12.8. The normalized spacial score (nSPS) is 12.5. The topological polar surface area (TPSA) is 34.0 Å². The maximum atomic E-state index is 12.1. The molecule has 1 amide bonds. The maximum Gasteiger partial charge on any atom is 0.268 e. The number of rotatable bonds is 6. The van der Waals surface area contributed by atoms with E-state index in [1.54, 1.807) is 0 Å². The van der Waals surface area contributed by atoms with E-state index >= 15 is 0 Å². The number of halogens is 1. The predicted molar refractivity (Wildman–Crippen MR) is 74.3 cm³/mol. The fraction of sp³-hybridized carbons (Fsp3) is 0.615. The standard InChI is InChI=1S/C13H21BrN2O/c1-4-6-10(3)15-13(17)12-8-11(14)9-16(12)7-5-2/h8-10H,4-7H2,1-3H3,(H,15,17). The lowest BCUT2D eigenvalue weighted by atomic mass is 10.2. The minimum absolute atomic E-state index is 0.0186. The van der Waals surface area contributed by atoms with Crippen LogP contribution in [0.25, 0.3) is 0 Å². The van der Waals surface area contributed by atoms with Crippen LogP contribution in [0.2, 0.25) is 0 Å². The van der Waals surface area contributed by atoms with E-state index < -0.39 is 0 Å². The Morgan fingerprint density at radius 2 is 2.18 bits per heavy atom. The number of nitrogens with zero attached hydrogens (tertiary/aromatic N) is 1. The minimum Gasteiger partial charge on any atom is -0.348 e. The Labute approximate surface area is 112 Å². The number of hydrogen-bond acceptors (Lipinski definition) is 1. The molecule has 0 aromatic carbocycles. The molecule has 0 spiro atoms. The van der Waals surface area contributed by atoms with Crippen LogP contribution in [0.1, 0.15) is 50.5 Å². The second-order valence-corrected chi connectivity index (χ2v) is 5.32. The average Bonchev–Trinajstić information content (AvgIpc) is 2.60. The highest BCUT2D eigenvalue weighted by molar-refractivity contribution is 9.10. The van der Waals surface area contributed by atoms with Crippen molar-refractivity contribution in [3.63, 3.8) is 0 Å². The Bertz CT molecular complexity index is 373. The number of aryl methyl sites for hydroxylation is 1. The van der Waals surface area contributed by atoms with Gasteiger partial charge in [-0.2, -0.15) is 0 Å². The van der Waals surface area contributed by atoms with Crippen LogP contribution in [0.5, 0.6) is 0 Å². The Morgan fingerprint density at radius 1 is 1.47 bits per heavy atom. The predicted octanol–water partition coefficient (Wildman–Crippen LogP) is 3.58. The van der Waals surface area contributed by atoms with Gasteiger partial charge in [-0.05, 0) is 41.8 Å². The van der Waals surface area contributed by atoms with Gasteiger partial charge in [-0.3, -0.25) is 4.79 Å². The number of carbonyl (C=O) groups is 1. The summed E-state index contributed by atoms with van der Waals surface area (Å²) in [6.45, 7) is 7.15. The summed E-state index contributed by atoms with van der Waals surface area (Å²) in [5.41, 5.74) is 0.738. The molecule has 1 unspecified atom stereocenters. The Kier molecular flexibility index (Phi) is 5.75. The van der Waals surface area contributed by atoms with Crippen LogP contribution in [0, 0.1) is 0 Å². The molecule has 0 aliphatic heterocycles. The van der Waals surface area contributed by atoms with Gasteiger partial charge in [0.2, 0.25) is 0 Å². The fourth-order valence-corrected chi connectivity index (χ4v) is 2.36. The molecular formula is C13H21BrN2O. The third-order valence-electron chi connectivity index (χ3n) is 2.66. The zero-order valence-electron chi connectivity index (χ0n) is 10.8. The summed E-state index contributed by atoms with van der Waals surface area (Å²) in [5.74, 6) is 0.0186. The number of carbonyl (C=O) groups excluding carboxylic acids is 1. The van der Waals surface area contributed by atoms with E-state index in [1.165, 1.54) is 0 Å². The van der Waals surface area contributed by atoms with Crippen molar-refractivity contribution in [2.45, 2.75) is 52.6 Å². The Morgan fingerprint density at radius 3 is 2.76 bits per heavy atom. The molecule has 1 heterocycles. The Hall–Kier alpha value is -0.770. The van der Waals surface area contributed by atoms with Crippen LogP contribution in [0.3, 0.4) is 0 Å². The highest BCUT2D eigenvalue weighted by Crippen LogP contribution is 2.15. The first-order valence-corrected chi connectivity index (χ1v) is 7.04. The number of hydrogen-bond donors (Lipinski definition) is 1. The lowest BCUT2D eigenvalue weighted by molar-refractivity contribution is 0.0929. The smallest absolute Gasteiger partial charge is 0.268 e. The van der Waals surface area contributed by atoms with Gasteiger partial charge in [0.25, 0.3) is 5.91 Å². The van der Waals surface area contributed by atoms with E-state index in [9.17, 15) is 4.79 Å². The van der Waals surface area contributed by atoms with E-state index in [-0.39, 0.29) is 11.9 Å². The molecule has 17 heavy (non-hydrogen) atoms. The largest absolute Gasteiger partial charge is 0.348 e. The van der Waals surface area contributed by atoms with Gasteiger partial charge in [0.15, 0.2) is 0 Å². The first kappa shape index (κ1) is 14.3. The van der Waals surface area contributed by atoms with Crippen molar-refractivity contribution >= 4 is 21.8 Å². The third kappa shape index (κ3) is 4.19. The van der Waals surface area contributed by atoms with Crippen molar-refractivity contribution in [3.05, 3.63) is 22.4 Å². The van der Waals surface area contributed by atoms with Crippen LogP contribution < -0.4 is 5.32 Å². The highest BCUT2D eigenvalue weighted by Gasteiger charge is 2.14. The lowest BCUT2D eigenvalue weighted by Crippen LogP contribution is -2.33. The van der Waals surface area contributed by atoms with Gasteiger partial charge >= 0.3 is 0 Å². The zero-order valence-corrected chi connectivity index (χ0v) is 12.4. The fourth-order valence-electron chi connectivity index (χ4n) is 1.89. The summed E-state index contributed by atoms with van der Waals surface area (Å²) in [6, 6.07) is 2.11. The summed E-state index contributed by atoms with van der Waals surface area (Å²) >= 11 is 3.42. The molecule has 1 rings (SSSR count). The quantitative estimate of drug-likeness (QED) is 0.856. The van der Waals surface area contributed by atoms with E-state index in [2.05, 4.69) is 35.1 Å². The lowest BCUT2D eigenvalue weighted by Gasteiger charge is -2.14. The van der Waals surface area contributed by atoms with Gasteiger partial charge in [-0.25, -0.2) is 0 Å². The number of nitrogens with one attached hydrogen (secondary N) is 1. The summed E-state index contributed by atoms with van der Waals surface area (Å²) < 4.78 is 2.96. The van der Waals surface area contributed by atoms with Gasteiger partial charge in [0, 0.05) is 23.3 Å². The second-order valence-electron chi connectivity index (χ2n) is 4.40. The van der Waals surface area contributed by atoms with Gasteiger partial charge in [0.05, 0.1) is 0 Å². The van der Waals surface area contributed by atoms with Gasteiger partial charge in [-0.1, -0.05) is 20.3 Å². The third-order valence-corrected chi connectivity index (χ3v) is 3.09. The molecule has 1 aromatic rings. The average molecular weight is 301 g/mol. The summed E-state index contributed by atoms with van der Waals surface area (Å²) in [6.07, 6.45) is 5.08. The van der Waals surface area contributed by atoms with E-state index in [0.717, 1.165) is 36.0 Å². The Balaban J connectivity index is 2.73. The summed E-state index contributed by atoms with van der Waals surface area (Å²) in [5, 5.41) is 3.03. The maximum absolute atomic E-state index is 12.1. The monoisotopic (exact) mass is 300 g/mol. The van der Waals surface area contributed by atoms with Gasteiger partial charge in [-0.15, -0.1) is 0 Å². The molecule has 1 N–H and O–H groups in total. The summed E-state index contributed by atoms with van der Waals surface area (Å²) in [4.78, 5) is 12.1. The van der Waals surface area contributed by atoms with E-state index in [0.29, 0.717) is 0 Å². The van der Waals surface area contributed by atoms with Crippen molar-refractivity contribution in [1.82, 2.24) is 9.88 Å². The van der Waals surface area contributed by atoms with E-state index in [4.69, 9.17) is 0 Å². The molecule has 0 aliphatic rings. The molecule has 0 bridgehead atoms. The van der Waals surface area contributed by atoms with Crippen molar-refractivity contribution in [2.75, 3.05) is 0 Å². The second kappa shape index (κ2) is 6.84. The minimum atomic E-state index is 0.0186. The molecule has 0 fully saturated rings. The van der Waals surface area contributed by atoms with Gasteiger partial charge in [0.1, 0.15) is 5.69 Å². The van der Waals surface area contributed by atoms with E-state index in [1.807, 2.05) is 23.8 Å². The van der Waals surface area contributed by atoms with Crippen LogP contribution in [-0.4, -0.2) is 16.5 Å². The van der Waals surface area contributed by atoms with Crippen molar-refractivity contribution in [1.29, 1.82) is 0 Å². The molecule has 96 valence electrons. The van der Waals surface area contributed by atoms with Crippen LogP contribution in [0.4, 0.5) is 0 Å². The van der Waals surface area contributed by atoms with Crippen molar-refractivity contribution in [2.24, 2.45) is 0 Å². The van der Waals surface area contributed by atoms with Crippen LogP contribution in [0.15, 0.2) is 16.7 Å². The number of amides is 1. The molecule has 1 atom stereocenters. The first-order chi connectivity index (χ1) is 8.08. The molecule has 0 aliphatic carbocycles. The SMILES string of the molecule is CCCC(C)NC(=O)c1cc(Br)cn1CCC. The molecule has 3 nitrogen and oxygen atoms in total.